The van der Waals surface area contributed by atoms with E-state index in [0.717, 1.165) is 47.2 Å². The summed E-state index contributed by atoms with van der Waals surface area (Å²) in [5, 5.41) is 10.6. The third kappa shape index (κ3) is 2.90. The number of likely N-dealkylation sites (tertiary alicyclic amines) is 1. The molecule has 1 saturated heterocycles. The minimum absolute atomic E-state index is 0.0387. The zero-order chi connectivity index (χ0) is 19.1. The fourth-order valence-electron chi connectivity index (χ4n) is 5.16. The summed E-state index contributed by atoms with van der Waals surface area (Å²) in [5.41, 5.74) is 1.96. The zero-order valence-corrected chi connectivity index (χ0v) is 15.8. The van der Waals surface area contributed by atoms with E-state index in [9.17, 15) is 9.90 Å². The van der Waals surface area contributed by atoms with E-state index < -0.39 is 5.97 Å². The smallest absolute Gasteiger partial charge is 0.307 e. The van der Waals surface area contributed by atoms with Crippen LogP contribution in [0.4, 0.5) is 0 Å². The van der Waals surface area contributed by atoms with Gasteiger partial charge < -0.3 is 9.52 Å². The minimum atomic E-state index is -0.671. The first-order valence-corrected chi connectivity index (χ1v) is 10.1. The Balaban J connectivity index is 1.43. The summed E-state index contributed by atoms with van der Waals surface area (Å²) in [4.78, 5) is 18.5. The van der Waals surface area contributed by atoms with Gasteiger partial charge in [0.15, 0.2) is 0 Å². The molecule has 0 amide bonds. The number of nitrogens with zero attached hydrogens (tertiary/aromatic N) is 2. The first-order chi connectivity index (χ1) is 13.6. The van der Waals surface area contributed by atoms with E-state index in [4.69, 9.17) is 4.42 Å². The quantitative estimate of drug-likeness (QED) is 0.714. The molecule has 144 valence electrons. The first-order valence-electron chi connectivity index (χ1n) is 10.1. The summed E-state index contributed by atoms with van der Waals surface area (Å²) in [6.45, 7) is 1.28. The Morgan fingerprint density at radius 2 is 2.00 bits per heavy atom. The molecule has 3 heterocycles. The van der Waals surface area contributed by atoms with Crippen LogP contribution in [0.25, 0.3) is 22.2 Å². The molecule has 2 aromatic heterocycles. The lowest BCUT2D eigenvalue weighted by atomic mass is 9.90. The van der Waals surface area contributed by atoms with Crippen molar-refractivity contribution in [1.82, 2.24) is 9.88 Å². The molecule has 1 aromatic carbocycles. The number of carboxylic acid groups (broad SMARTS) is 1. The van der Waals surface area contributed by atoms with Crippen LogP contribution in [0.2, 0.25) is 0 Å². The van der Waals surface area contributed by atoms with E-state index in [2.05, 4.69) is 22.0 Å². The van der Waals surface area contributed by atoms with Gasteiger partial charge in [-0.3, -0.25) is 14.7 Å². The summed E-state index contributed by atoms with van der Waals surface area (Å²) >= 11 is 0. The predicted octanol–water partition coefficient (Wildman–Crippen LogP) is 4.71. The summed E-state index contributed by atoms with van der Waals surface area (Å²) in [6.07, 6.45) is 7.13. The molecule has 1 saturated carbocycles. The van der Waals surface area contributed by atoms with Crippen molar-refractivity contribution >= 4 is 16.9 Å². The average Bonchev–Trinajstić information content (AvgIpc) is 3.44. The monoisotopic (exact) mass is 376 g/mol. The Kier molecular flexibility index (Phi) is 4.20. The SMILES string of the molecule is O=C(O)C1CN(Cc2ccc(-c3cccc4cccnc34)o2)C2(CCCC2)C1. The number of aliphatic carboxylic acids is 1. The molecule has 0 bridgehead atoms. The van der Waals surface area contributed by atoms with Gasteiger partial charge in [0.05, 0.1) is 18.0 Å². The van der Waals surface area contributed by atoms with E-state index >= 15 is 0 Å². The molecule has 1 N–H and O–H groups in total. The molecule has 5 heteroatoms. The lowest BCUT2D eigenvalue weighted by Gasteiger charge is -2.34. The molecule has 5 rings (SSSR count). The predicted molar refractivity (Wildman–Crippen MR) is 107 cm³/mol. The number of hydrogen-bond acceptors (Lipinski definition) is 4. The van der Waals surface area contributed by atoms with Crippen molar-refractivity contribution in [2.75, 3.05) is 6.54 Å². The van der Waals surface area contributed by atoms with Crippen molar-refractivity contribution in [3.8, 4) is 11.3 Å². The fourth-order valence-corrected chi connectivity index (χ4v) is 5.16. The lowest BCUT2D eigenvalue weighted by molar-refractivity contribution is -0.141. The Morgan fingerprint density at radius 1 is 1.18 bits per heavy atom. The Labute approximate surface area is 164 Å². The van der Waals surface area contributed by atoms with Crippen molar-refractivity contribution < 1.29 is 14.3 Å². The highest BCUT2D eigenvalue weighted by atomic mass is 16.4. The van der Waals surface area contributed by atoms with Crippen LogP contribution >= 0.6 is 0 Å². The largest absolute Gasteiger partial charge is 0.481 e. The van der Waals surface area contributed by atoms with Crippen LogP contribution in [0, 0.1) is 5.92 Å². The van der Waals surface area contributed by atoms with Crippen molar-refractivity contribution in [2.45, 2.75) is 44.2 Å². The molecule has 1 aliphatic heterocycles. The third-order valence-corrected chi connectivity index (χ3v) is 6.53. The molecular weight excluding hydrogens is 352 g/mol. The van der Waals surface area contributed by atoms with Gasteiger partial charge in [-0.15, -0.1) is 0 Å². The number of hydrogen-bond donors (Lipinski definition) is 1. The number of carbonyl (C=O) groups is 1. The third-order valence-electron chi connectivity index (χ3n) is 6.53. The maximum absolute atomic E-state index is 11.6. The number of furan rings is 1. The molecule has 1 unspecified atom stereocenters. The summed E-state index contributed by atoms with van der Waals surface area (Å²) < 4.78 is 6.21. The van der Waals surface area contributed by atoms with Crippen LogP contribution in [0.5, 0.6) is 0 Å². The van der Waals surface area contributed by atoms with Gasteiger partial charge in [-0.05, 0) is 43.5 Å². The summed E-state index contributed by atoms with van der Waals surface area (Å²) in [5.74, 6) is 0.763. The van der Waals surface area contributed by atoms with E-state index in [-0.39, 0.29) is 11.5 Å². The number of benzene rings is 1. The minimum Gasteiger partial charge on any atom is -0.481 e. The number of para-hydroxylation sites is 1. The molecule has 1 aliphatic carbocycles. The van der Waals surface area contributed by atoms with E-state index in [1.807, 2.05) is 30.3 Å². The Morgan fingerprint density at radius 3 is 2.82 bits per heavy atom. The second-order valence-corrected chi connectivity index (χ2v) is 8.20. The Bertz CT molecular complexity index is 1010. The molecule has 1 spiro atoms. The zero-order valence-electron chi connectivity index (χ0n) is 15.8. The van der Waals surface area contributed by atoms with Gasteiger partial charge in [-0.2, -0.15) is 0 Å². The van der Waals surface area contributed by atoms with Gasteiger partial charge in [-0.1, -0.05) is 31.0 Å². The molecule has 2 aliphatic rings. The van der Waals surface area contributed by atoms with Gasteiger partial charge in [0, 0.05) is 29.2 Å². The highest BCUT2D eigenvalue weighted by Crippen LogP contribution is 2.46. The first kappa shape index (κ1) is 17.4. The second-order valence-electron chi connectivity index (χ2n) is 8.20. The van der Waals surface area contributed by atoms with Crippen LogP contribution < -0.4 is 0 Å². The standard InChI is InChI=1S/C23H24N2O3/c26-22(27)17-13-23(10-1-2-11-23)25(14-17)15-18-8-9-20(28-18)19-7-3-5-16-6-4-12-24-21(16)19/h3-9,12,17H,1-2,10-11,13-15H2,(H,26,27). The van der Waals surface area contributed by atoms with E-state index in [0.29, 0.717) is 13.1 Å². The summed E-state index contributed by atoms with van der Waals surface area (Å²) in [6, 6.07) is 14.1. The fraction of sp³-hybridized carbons (Fsp3) is 0.391. The van der Waals surface area contributed by atoms with Gasteiger partial charge in [0.2, 0.25) is 0 Å². The number of pyridine rings is 1. The van der Waals surface area contributed by atoms with Crippen LogP contribution in [0.3, 0.4) is 0 Å². The van der Waals surface area contributed by atoms with Gasteiger partial charge in [0.25, 0.3) is 0 Å². The van der Waals surface area contributed by atoms with Crippen LogP contribution in [0.1, 0.15) is 37.9 Å². The molecule has 5 nitrogen and oxygen atoms in total. The molecule has 3 aromatic rings. The normalized spacial score (nSPS) is 21.6. The topological polar surface area (TPSA) is 66.6 Å². The van der Waals surface area contributed by atoms with E-state index in [1.54, 1.807) is 6.20 Å². The second kappa shape index (κ2) is 6.74. The van der Waals surface area contributed by atoms with Crippen molar-refractivity contribution in [3.63, 3.8) is 0 Å². The number of rotatable bonds is 4. The van der Waals surface area contributed by atoms with Gasteiger partial charge in [-0.25, -0.2) is 0 Å². The van der Waals surface area contributed by atoms with Crippen LogP contribution in [-0.4, -0.2) is 33.0 Å². The lowest BCUT2D eigenvalue weighted by Crippen LogP contribution is -2.40. The Hall–Kier alpha value is -2.66. The molecule has 28 heavy (non-hydrogen) atoms. The average molecular weight is 376 g/mol. The molecular formula is C23H24N2O3. The van der Waals surface area contributed by atoms with Crippen LogP contribution in [0.15, 0.2) is 53.1 Å². The molecule has 2 fully saturated rings. The van der Waals surface area contributed by atoms with Crippen molar-refractivity contribution in [1.29, 1.82) is 0 Å². The highest BCUT2D eigenvalue weighted by molar-refractivity contribution is 5.92. The van der Waals surface area contributed by atoms with Crippen LogP contribution in [-0.2, 0) is 11.3 Å². The summed E-state index contributed by atoms with van der Waals surface area (Å²) in [7, 11) is 0. The van der Waals surface area contributed by atoms with E-state index in [1.165, 1.54) is 12.8 Å². The molecule has 1 atom stereocenters. The van der Waals surface area contributed by atoms with Crippen molar-refractivity contribution in [3.05, 3.63) is 54.4 Å². The number of aromatic nitrogens is 1. The number of fused-ring (bicyclic) bond motifs is 1. The maximum atomic E-state index is 11.6. The maximum Gasteiger partial charge on any atom is 0.307 e. The van der Waals surface area contributed by atoms with Gasteiger partial charge in [0.1, 0.15) is 11.5 Å². The molecule has 0 radical (unpaired) electrons. The van der Waals surface area contributed by atoms with Crippen molar-refractivity contribution in [2.24, 2.45) is 5.92 Å². The number of carboxylic acids is 1. The van der Waals surface area contributed by atoms with Gasteiger partial charge >= 0.3 is 5.97 Å². The highest BCUT2D eigenvalue weighted by Gasteiger charge is 2.49.